The predicted molar refractivity (Wildman–Crippen MR) is 69.4 cm³/mol. The number of phenols is 1. The number of aryl methyl sites for hydroxylation is 1. The van der Waals surface area contributed by atoms with E-state index in [2.05, 4.69) is 10.3 Å². The Morgan fingerprint density at radius 3 is 2.78 bits per heavy atom. The molecule has 5 heteroatoms. The summed E-state index contributed by atoms with van der Waals surface area (Å²) in [5.41, 5.74) is 7.20. The normalized spacial score (nSPS) is 10.1. The minimum atomic E-state index is -0.403. The van der Waals surface area contributed by atoms with Crippen molar-refractivity contribution in [2.24, 2.45) is 0 Å². The Kier molecular flexibility index (Phi) is 3.14. The minimum absolute atomic E-state index is 0.00813. The van der Waals surface area contributed by atoms with Crippen LogP contribution in [-0.4, -0.2) is 16.0 Å². The molecule has 2 rings (SSSR count). The third-order valence-corrected chi connectivity index (χ3v) is 2.43. The molecule has 92 valence electrons. The van der Waals surface area contributed by atoms with E-state index in [-0.39, 0.29) is 11.3 Å². The topological polar surface area (TPSA) is 88.2 Å². The van der Waals surface area contributed by atoms with Gasteiger partial charge >= 0.3 is 0 Å². The minimum Gasteiger partial charge on any atom is -0.508 e. The maximum Gasteiger partial charge on any atom is 0.259 e. The highest BCUT2D eigenvalue weighted by atomic mass is 16.3. The van der Waals surface area contributed by atoms with Crippen molar-refractivity contribution >= 4 is 17.4 Å². The van der Waals surface area contributed by atoms with Crippen LogP contribution in [0.25, 0.3) is 0 Å². The Hall–Kier alpha value is -2.56. The van der Waals surface area contributed by atoms with Crippen LogP contribution in [0, 0.1) is 6.92 Å². The van der Waals surface area contributed by atoms with Crippen LogP contribution in [0.4, 0.5) is 11.5 Å². The predicted octanol–water partition coefficient (Wildman–Crippen LogP) is 1.93. The van der Waals surface area contributed by atoms with Crippen LogP contribution in [-0.2, 0) is 0 Å². The molecule has 0 saturated carbocycles. The van der Waals surface area contributed by atoms with Gasteiger partial charge in [0.2, 0.25) is 0 Å². The van der Waals surface area contributed by atoms with Crippen molar-refractivity contribution in [2.75, 3.05) is 11.1 Å². The van der Waals surface area contributed by atoms with Crippen molar-refractivity contribution in [1.82, 2.24) is 4.98 Å². The second-order valence-corrected chi connectivity index (χ2v) is 3.95. The highest BCUT2D eigenvalue weighted by Gasteiger charge is 2.11. The van der Waals surface area contributed by atoms with E-state index in [0.717, 1.165) is 5.56 Å². The van der Waals surface area contributed by atoms with Gasteiger partial charge in [0.15, 0.2) is 0 Å². The van der Waals surface area contributed by atoms with Crippen LogP contribution >= 0.6 is 0 Å². The van der Waals surface area contributed by atoms with Gasteiger partial charge in [-0.05, 0) is 36.8 Å². The highest BCUT2D eigenvalue weighted by Crippen LogP contribution is 2.19. The van der Waals surface area contributed by atoms with Gasteiger partial charge in [-0.3, -0.25) is 4.79 Å². The number of carbonyl (C=O) groups excluding carboxylic acids is 1. The molecule has 0 saturated heterocycles. The molecule has 4 N–H and O–H groups in total. The Morgan fingerprint density at radius 1 is 1.33 bits per heavy atom. The van der Waals surface area contributed by atoms with Crippen LogP contribution in [0.15, 0.2) is 36.5 Å². The van der Waals surface area contributed by atoms with E-state index in [1.54, 1.807) is 12.3 Å². The fourth-order valence-electron chi connectivity index (χ4n) is 1.47. The lowest BCUT2D eigenvalue weighted by molar-refractivity contribution is 0.102. The third-order valence-electron chi connectivity index (χ3n) is 2.43. The lowest BCUT2D eigenvalue weighted by atomic mass is 10.1. The van der Waals surface area contributed by atoms with Gasteiger partial charge in [-0.15, -0.1) is 0 Å². The average molecular weight is 243 g/mol. The molecule has 0 spiro atoms. The second kappa shape index (κ2) is 4.75. The van der Waals surface area contributed by atoms with Gasteiger partial charge in [-0.2, -0.15) is 0 Å². The summed E-state index contributed by atoms with van der Waals surface area (Å²) < 4.78 is 0. The van der Waals surface area contributed by atoms with Crippen LogP contribution < -0.4 is 11.1 Å². The summed E-state index contributed by atoms with van der Waals surface area (Å²) in [6.07, 6.45) is 1.65. The molecule has 1 aromatic heterocycles. The maximum absolute atomic E-state index is 11.9. The fourth-order valence-corrected chi connectivity index (χ4v) is 1.47. The van der Waals surface area contributed by atoms with Crippen LogP contribution in [0.1, 0.15) is 15.9 Å². The van der Waals surface area contributed by atoms with Gasteiger partial charge in [0.1, 0.15) is 11.6 Å². The molecule has 18 heavy (non-hydrogen) atoms. The summed E-state index contributed by atoms with van der Waals surface area (Å²) >= 11 is 0. The van der Waals surface area contributed by atoms with Gasteiger partial charge in [-0.1, -0.05) is 6.07 Å². The summed E-state index contributed by atoms with van der Waals surface area (Å²) in [4.78, 5) is 16.0. The number of hydrogen-bond acceptors (Lipinski definition) is 4. The lowest BCUT2D eigenvalue weighted by Gasteiger charge is -2.07. The van der Waals surface area contributed by atoms with E-state index >= 15 is 0 Å². The summed E-state index contributed by atoms with van der Waals surface area (Å²) in [5, 5.41) is 12.0. The number of aromatic hydroxyl groups is 1. The van der Waals surface area contributed by atoms with E-state index in [1.807, 2.05) is 13.0 Å². The first-order valence-corrected chi connectivity index (χ1v) is 5.39. The molecule has 5 nitrogen and oxygen atoms in total. The summed E-state index contributed by atoms with van der Waals surface area (Å²) in [6.45, 7) is 1.91. The zero-order valence-electron chi connectivity index (χ0n) is 9.84. The standard InChI is InChI=1S/C13H13N3O2/c1-8-2-5-12(15-7-8)16-13(18)10-6-9(17)3-4-11(10)14/h2-7,17H,14H2,1H3,(H,15,16,18). The Bertz CT molecular complexity index is 579. The van der Waals surface area contributed by atoms with Gasteiger partial charge in [-0.25, -0.2) is 4.98 Å². The van der Waals surface area contributed by atoms with Crippen molar-refractivity contribution in [3.63, 3.8) is 0 Å². The molecule has 0 aliphatic rings. The second-order valence-electron chi connectivity index (χ2n) is 3.95. The fraction of sp³-hybridized carbons (Fsp3) is 0.0769. The van der Waals surface area contributed by atoms with Crippen molar-refractivity contribution in [2.45, 2.75) is 6.92 Å². The number of nitrogens with two attached hydrogens (primary N) is 1. The summed E-state index contributed by atoms with van der Waals surface area (Å²) in [5.74, 6) is 0.0271. The molecule has 0 aliphatic carbocycles. The number of carbonyl (C=O) groups is 1. The molecule has 0 radical (unpaired) electrons. The molecule has 1 heterocycles. The number of hydrogen-bond donors (Lipinski definition) is 3. The molecular weight excluding hydrogens is 230 g/mol. The number of amides is 1. The smallest absolute Gasteiger partial charge is 0.259 e. The summed E-state index contributed by atoms with van der Waals surface area (Å²) in [7, 11) is 0. The van der Waals surface area contributed by atoms with E-state index in [1.165, 1.54) is 18.2 Å². The quantitative estimate of drug-likeness (QED) is 0.555. The molecular formula is C13H13N3O2. The number of anilines is 2. The van der Waals surface area contributed by atoms with Crippen molar-refractivity contribution in [1.29, 1.82) is 0 Å². The molecule has 1 amide bonds. The molecule has 1 aromatic carbocycles. The van der Waals surface area contributed by atoms with Gasteiger partial charge in [0, 0.05) is 11.9 Å². The first kappa shape index (κ1) is 11.9. The van der Waals surface area contributed by atoms with Crippen LogP contribution in [0.5, 0.6) is 5.75 Å². The average Bonchev–Trinajstić information content (AvgIpc) is 2.35. The van der Waals surface area contributed by atoms with E-state index in [0.29, 0.717) is 11.5 Å². The summed E-state index contributed by atoms with van der Waals surface area (Å²) in [6, 6.07) is 7.77. The van der Waals surface area contributed by atoms with Crippen LogP contribution in [0.3, 0.4) is 0 Å². The Balaban J connectivity index is 2.21. The van der Waals surface area contributed by atoms with Gasteiger partial charge in [0.05, 0.1) is 5.56 Å². The molecule has 0 unspecified atom stereocenters. The number of nitrogens with zero attached hydrogens (tertiary/aromatic N) is 1. The van der Waals surface area contributed by atoms with Gasteiger partial charge < -0.3 is 16.2 Å². The number of aromatic nitrogens is 1. The van der Waals surface area contributed by atoms with E-state index in [4.69, 9.17) is 5.73 Å². The monoisotopic (exact) mass is 243 g/mol. The molecule has 0 fully saturated rings. The first-order chi connectivity index (χ1) is 8.56. The first-order valence-electron chi connectivity index (χ1n) is 5.39. The van der Waals surface area contributed by atoms with Crippen molar-refractivity contribution in [3.8, 4) is 5.75 Å². The number of pyridine rings is 1. The lowest BCUT2D eigenvalue weighted by Crippen LogP contribution is -2.14. The van der Waals surface area contributed by atoms with Crippen molar-refractivity contribution in [3.05, 3.63) is 47.7 Å². The van der Waals surface area contributed by atoms with Crippen LogP contribution in [0.2, 0.25) is 0 Å². The zero-order chi connectivity index (χ0) is 13.1. The van der Waals surface area contributed by atoms with Crippen molar-refractivity contribution < 1.29 is 9.90 Å². The Labute approximate surface area is 104 Å². The zero-order valence-corrected chi connectivity index (χ0v) is 9.84. The molecule has 0 bridgehead atoms. The number of nitrogen functional groups attached to an aromatic ring is 1. The van der Waals surface area contributed by atoms with E-state index < -0.39 is 5.91 Å². The van der Waals surface area contributed by atoms with E-state index in [9.17, 15) is 9.90 Å². The Morgan fingerprint density at radius 2 is 2.11 bits per heavy atom. The van der Waals surface area contributed by atoms with Gasteiger partial charge in [0.25, 0.3) is 5.91 Å². The number of rotatable bonds is 2. The maximum atomic E-state index is 11.9. The third kappa shape index (κ3) is 2.57. The number of benzene rings is 1. The SMILES string of the molecule is Cc1ccc(NC(=O)c2cc(O)ccc2N)nc1. The number of nitrogens with one attached hydrogen (secondary N) is 1. The number of phenolic OH excluding ortho intramolecular Hbond substituents is 1. The highest BCUT2D eigenvalue weighted by molar-refractivity contribution is 6.07. The molecule has 2 aromatic rings. The largest absolute Gasteiger partial charge is 0.508 e. The molecule has 0 atom stereocenters. The molecule has 0 aliphatic heterocycles.